The van der Waals surface area contributed by atoms with Crippen LogP contribution in [0.1, 0.15) is 54.7 Å². The van der Waals surface area contributed by atoms with Crippen LogP contribution in [0.25, 0.3) is 0 Å². The summed E-state index contributed by atoms with van der Waals surface area (Å²) in [6.45, 7) is 4.95. The van der Waals surface area contributed by atoms with E-state index in [1.165, 1.54) is 12.1 Å². The van der Waals surface area contributed by atoms with E-state index >= 15 is 0 Å². The number of carboxylic acids is 1. The van der Waals surface area contributed by atoms with E-state index in [9.17, 15) is 18.7 Å². The number of carbonyl (C=O) groups is 1. The van der Waals surface area contributed by atoms with Gasteiger partial charge in [0.1, 0.15) is 5.82 Å². The Morgan fingerprint density at radius 1 is 1.32 bits per heavy atom. The van der Waals surface area contributed by atoms with Crippen molar-refractivity contribution in [2.24, 2.45) is 0 Å². The first kappa shape index (κ1) is 18.8. The van der Waals surface area contributed by atoms with Gasteiger partial charge < -0.3 is 10.4 Å². The molecule has 0 saturated carbocycles. The Hall–Kier alpha value is -2.50. The van der Waals surface area contributed by atoms with Crippen molar-refractivity contribution in [1.82, 2.24) is 4.98 Å². The molecule has 2 aromatic rings. The minimum Gasteiger partial charge on any atom is -0.478 e. The maximum atomic E-state index is 13.3. The van der Waals surface area contributed by atoms with Crippen LogP contribution in [-0.4, -0.2) is 22.0 Å². The summed E-state index contributed by atoms with van der Waals surface area (Å²) in [4.78, 5) is 15.5. The quantitative estimate of drug-likeness (QED) is 0.719. The number of carboxylic acid groups (broad SMARTS) is 1. The normalized spacial score (nSPS) is 12.7. The monoisotopic (exact) mass is 348 g/mol. The van der Waals surface area contributed by atoms with Crippen molar-refractivity contribution in [1.29, 1.82) is 0 Å². The van der Waals surface area contributed by atoms with Gasteiger partial charge in [-0.15, -0.1) is 0 Å². The second-order valence-electron chi connectivity index (χ2n) is 6.31. The van der Waals surface area contributed by atoms with Crippen LogP contribution in [0.3, 0.4) is 0 Å². The molecule has 1 aromatic carbocycles. The van der Waals surface area contributed by atoms with Gasteiger partial charge in [0.2, 0.25) is 0 Å². The average Bonchev–Trinajstić information content (AvgIpc) is 2.52. The molecular formula is C19H22F2N2O2. The number of benzene rings is 1. The maximum absolute atomic E-state index is 13.3. The van der Waals surface area contributed by atoms with Gasteiger partial charge in [0.05, 0.1) is 12.0 Å². The molecule has 1 heterocycles. The summed E-state index contributed by atoms with van der Waals surface area (Å²) in [6, 6.07) is 10.2. The van der Waals surface area contributed by atoms with Gasteiger partial charge in [-0.1, -0.05) is 32.0 Å². The molecule has 25 heavy (non-hydrogen) atoms. The molecule has 1 atom stereocenters. The molecule has 0 fully saturated rings. The molecule has 6 heteroatoms. The van der Waals surface area contributed by atoms with E-state index in [2.05, 4.69) is 24.1 Å². The van der Waals surface area contributed by atoms with Crippen LogP contribution < -0.4 is 5.32 Å². The molecule has 0 bridgehead atoms. The lowest BCUT2D eigenvalue weighted by Crippen LogP contribution is -2.16. The van der Waals surface area contributed by atoms with E-state index in [1.54, 1.807) is 0 Å². The highest BCUT2D eigenvalue weighted by Crippen LogP contribution is 2.29. The van der Waals surface area contributed by atoms with Crippen LogP contribution in [0.4, 0.5) is 20.3 Å². The van der Waals surface area contributed by atoms with Gasteiger partial charge in [-0.05, 0) is 43.0 Å². The molecule has 2 N–H and O–H groups in total. The molecule has 0 aliphatic rings. The van der Waals surface area contributed by atoms with E-state index in [-0.39, 0.29) is 17.1 Å². The number of hydrogen-bond donors (Lipinski definition) is 2. The van der Waals surface area contributed by atoms with Gasteiger partial charge in [-0.3, -0.25) is 0 Å². The zero-order valence-electron chi connectivity index (χ0n) is 14.5. The van der Waals surface area contributed by atoms with Crippen molar-refractivity contribution in [3.8, 4) is 0 Å². The van der Waals surface area contributed by atoms with E-state index in [4.69, 9.17) is 0 Å². The van der Waals surface area contributed by atoms with E-state index < -0.39 is 18.3 Å². The minimum absolute atomic E-state index is 0.0379. The summed E-state index contributed by atoms with van der Waals surface area (Å²) in [5, 5.41) is 12.3. The fourth-order valence-electron chi connectivity index (χ4n) is 2.58. The van der Waals surface area contributed by atoms with Gasteiger partial charge in [0, 0.05) is 11.4 Å². The number of nitrogens with zero attached hydrogens (tertiary/aromatic N) is 1. The molecule has 2 rings (SSSR count). The number of pyridine rings is 1. The van der Waals surface area contributed by atoms with Crippen molar-refractivity contribution in [2.75, 3.05) is 5.32 Å². The second kappa shape index (κ2) is 7.59. The Kier molecular flexibility index (Phi) is 5.72. The number of rotatable bonds is 7. The van der Waals surface area contributed by atoms with Crippen LogP contribution in [0, 0.1) is 0 Å². The van der Waals surface area contributed by atoms with E-state index in [0.717, 1.165) is 24.6 Å². The van der Waals surface area contributed by atoms with Gasteiger partial charge >= 0.3 is 5.97 Å². The molecule has 1 unspecified atom stereocenters. The molecular weight excluding hydrogens is 326 g/mol. The van der Waals surface area contributed by atoms with Gasteiger partial charge in [0.15, 0.2) is 0 Å². The Morgan fingerprint density at radius 2 is 2.00 bits per heavy atom. The number of alkyl halides is 2. The topological polar surface area (TPSA) is 62.2 Å². The summed E-state index contributed by atoms with van der Waals surface area (Å²) in [6.07, 6.45) is 0.324. The maximum Gasteiger partial charge on any atom is 0.335 e. The highest BCUT2D eigenvalue weighted by Gasteiger charge is 2.24. The van der Waals surface area contributed by atoms with Crippen LogP contribution in [0.2, 0.25) is 0 Å². The molecule has 4 nitrogen and oxygen atoms in total. The predicted octanol–water partition coefficient (Wildman–Crippen LogP) is 5.23. The number of anilines is 2. The van der Waals surface area contributed by atoms with Gasteiger partial charge in [-0.25, -0.2) is 18.6 Å². The van der Waals surface area contributed by atoms with Crippen molar-refractivity contribution < 1.29 is 18.7 Å². The van der Waals surface area contributed by atoms with Gasteiger partial charge in [-0.2, -0.15) is 0 Å². The summed E-state index contributed by atoms with van der Waals surface area (Å²) in [5.74, 6) is -3.60. The summed E-state index contributed by atoms with van der Waals surface area (Å²) < 4.78 is 26.6. The highest BCUT2D eigenvalue weighted by molar-refractivity contribution is 5.89. The largest absolute Gasteiger partial charge is 0.478 e. The molecule has 0 aliphatic carbocycles. The Balaban J connectivity index is 2.41. The second-order valence-corrected chi connectivity index (χ2v) is 6.31. The molecule has 0 amide bonds. The Labute approximate surface area is 145 Å². The molecule has 0 radical (unpaired) electrons. The van der Waals surface area contributed by atoms with Crippen LogP contribution in [0.5, 0.6) is 0 Å². The third-order valence-electron chi connectivity index (χ3n) is 3.98. The lowest BCUT2D eigenvalue weighted by molar-refractivity contribution is 0.0216. The van der Waals surface area contributed by atoms with Crippen molar-refractivity contribution in [3.63, 3.8) is 0 Å². The molecule has 0 spiro atoms. The van der Waals surface area contributed by atoms with Crippen molar-refractivity contribution in [3.05, 3.63) is 53.2 Å². The van der Waals surface area contributed by atoms with E-state index in [1.807, 2.05) is 24.3 Å². The molecule has 1 aromatic heterocycles. The molecule has 134 valence electrons. The first-order chi connectivity index (χ1) is 11.7. The van der Waals surface area contributed by atoms with Gasteiger partial charge in [0.25, 0.3) is 5.92 Å². The summed E-state index contributed by atoms with van der Waals surface area (Å²) in [7, 11) is 0. The van der Waals surface area contributed by atoms with Crippen LogP contribution >= 0.6 is 0 Å². The number of hydrogen-bond acceptors (Lipinski definition) is 3. The first-order valence-electron chi connectivity index (χ1n) is 8.17. The zero-order valence-corrected chi connectivity index (χ0v) is 14.5. The fraction of sp³-hybridized carbons (Fsp3) is 0.368. The fourth-order valence-corrected chi connectivity index (χ4v) is 2.58. The minimum atomic E-state index is -2.96. The Morgan fingerprint density at radius 3 is 2.60 bits per heavy atom. The standard InChI is InChI=1S/C19H22F2N2O2/c1-4-12(2)15-7-5-6-8-16(15)23-17-10-13(18(24)25)9-14(22-17)11-19(3,20)21/h5-10,12H,4,11H2,1-3H3,(H,22,23)(H,24,25). The third-order valence-corrected chi connectivity index (χ3v) is 3.98. The number of aromatic carboxylic acids is 1. The average molecular weight is 348 g/mol. The first-order valence-corrected chi connectivity index (χ1v) is 8.17. The summed E-state index contributed by atoms with van der Waals surface area (Å²) >= 11 is 0. The van der Waals surface area contributed by atoms with Crippen molar-refractivity contribution >= 4 is 17.5 Å². The third kappa shape index (κ3) is 5.24. The number of halogens is 2. The SMILES string of the molecule is CCC(C)c1ccccc1Nc1cc(C(=O)O)cc(CC(C)(F)F)n1. The predicted molar refractivity (Wildman–Crippen MR) is 94.0 cm³/mol. The lowest BCUT2D eigenvalue weighted by Gasteiger charge is -2.17. The Bertz CT molecular complexity index is 757. The number of para-hydroxylation sites is 1. The van der Waals surface area contributed by atoms with Crippen molar-refractivity contribution in [2.45, 2.75) is 45.5 Å². The zero-order chi connectivity index (χ0) is 18.6. The summed E-state index contributed by atoms with van der Waals surface area (Å²) in [5.41, 5.74) is 1.82. The van der Waals surface area contributed by atoms with E-state index in [0.29, 0.717) is 5.92 Å². The lowest BCUT2D eigenvalue weighted by atomic mass is 9.97. The molecule has 0 aliphatic heterocycles. The number of aromatic nitrogens is 1. The van der Waals surface area contributed by atoms with Crippen LogP contribution in [-0.2, 0) is 6.42 Å². The smallest absolute Gasteiger partial charge is 0.335 e. The number of nitrogens with one attached hydrogen (secondary N) is 1. The van der Waals surface area contributed by atoms with Crippen LogP contribution in [0.15, 0.2) is 36.4 Å². The molecule has 0 saturated heterocycles. The highest BCUT2D eigenvalue weighted by atomic mass is 19.3.